The second-order valence-corrected chi connectivity index (χ2v) is 8.52. The van der Waals surface area contributed by atoms with Gasteiger partial charge in [-0.2, -0.15) is 0 Å². The van der Waals surface area contributed by atoms with Crippen molar-refractivity contribution in [2.24, 2.45) is 0 Å². The minimum atomic E-state index is -0.123. The van der Waals surface area contributed by atoms with Crippen molar-refractivity contribution >= 4 is 40.6 Å². The Labute approximate surface area is 156 Å². The van der Waals surface area contributed by atoms with Gasteiger partial charge in [0.25, 0.3) is 0 Å². The van der Waals surface area contributed by atoms with Crippen LogP contribution in [0.15, 0.2) is 29.2 Å². The summed E-state index contributed by atoms with van der Waals surface area (Å²) in [5.74, 6) is 0.250. The first kappa shape index (κ1) is 17.9. The molecule has 1 aliphatic rings. The van der Waals surface area contributed by atoms with Crippen LogP contribution < -0.4 is 4.90 Å². The number of anilines is 1. The topological polar surface area (TPSA) is 53.5 Å². The smallest absolute Gasteiger partial charge is 0.242 e. The van der Waals surface area contributed by atoms with Crippen molar-refractivity contribution in [3.8, 4) is 0 Å². The van der Waals surface area contributed by atoms with Crippen LogP contribution in [-0.2, 0) is 9.59 Å². The molecule has 25 heavy (non-hydrogen) atoms. The number of aromatic nitrogens is 1. The van der Waals surface area contributed by atoms with Crippen molar-refractivity contribution in [2.75, 3.05) is 24.2 Å². The van der Waals surface area contributed by atoms with E-state index >= 15 is 0 Å². The summed E-state index contributed by atoms with van der Waals surface area (Å²) in [5.41, 5.74) is 1.75. The first-order valence-electron chi connectivity index (χ1n) is 8.10. The zero-order chi connectivity index (χ0) is 18.1. The number of benzene rings is 1. The van der Waals surface area contributed by atoms with E-state index < -0.39 is 0 Å². The highest BCUT2D eigenvalue weighted by molar-refractivity contribution is 8.00. The number of carbonyl (C=O) groups is 2. The zero-order valence-corrected chi connectivity index (χ0v) is 16.4. The Bertz CT molecular complexity index is 818. The molecule has 7 heteroatoms. The number of carbonyl (C=O) groups excluding carboxylic acids is 2. The highest BCUT2D eigenvalue weighted by atomic mass is 32.2. The molecule has 0 saturated carbocycles. The lowest BCUT2D eigenvalue weighted by Gasteiger charge is -2.31. The lowest BCUT2D eigenvalue weighted by molar-refractivity contribution is -0.131. The molecular formula is C18H21N3O2S2. The number of nitrogens with zero attached hydrogens (tertiary/aromatic N) is 3. The average Bonchev–Trinajstić information content (AvgIpc) is 2.94. The van der Waals surface area contributed by atoms with E-state index in [4.69, 9.17) is 0 Å². The Hall–Kier alpha value is -1.86. The summed E-state index contributed by atoms with van der Waals surface area (Å²) in [6.45, 7) is 6.02. The van der Waals surface area contributed by atoms with Crippen molar-refractivity contribution in [3.05, 3.63) is 39.8 Å². The van der Waals surface area contributed by atoms with Crippen molar-refractivity contribution in [3.63, 3.8) is 0 Å². The Morgan fingerprint density at radius 1 is 1.36 bits per heavy atom. The van der Waals surface area contributed by atoms with Gasteiger partial charge in [0, 0.05) is 16.8 Å². The van der Waals surface area contributed by atoms with Crippen molar-refractivity contribution in [2.45, 2.75) is 31.7 Å². The first-order chi connectivity index (χ1) is 11.9. The number of amides is 2. The van der Waals surface area contributed by atoms with Gasteiger partial charge < -0.3 is 9.80 Å². The molecule has 0 aliphatic carbocycles. The number of hydrogen-bond donors (Lipinski definition) is 0. The van der Waals surface area contributed by atoms with Gasteiger partial charge in [-0.1, -0.05) is 12.1 Å². The number of hydrogen-bond acceptors (Lipinski definition) is 5. The molecule has 0 unspecified atom stereocenters. The second kappa shape index (κ2) is 7.17. The number of aryl methyl sites for hydroxylation is 2. The van der Waals surface area contributed by atoms with Gasteiger partial charge in [-0.3, -0.25) is 9.59 Å². The number of fused-ring (bicyclic) bond motifs is 1. The third-order valence-electron chi connectivity index (χ3n) is 4.41. The summed E-state index contributed by atoms with van der Waals surface area (Å²) < 4.78 is 0. The van der Waals surface area contributed by atoms with Crippen LogP contribution in [0.3, 0.4) is 0 Å². The summed E-state index contributed by atoms with van der Waals surface area (Å²) in [6, 6.07) is 7.59. The van der Waals surface area contributed by atoms with E-state index in [-0.39, 0.29) is 24.4 Å². The fourth-order valence-corrected chi connectivity index (χ4v) is 4.75. The molecule has 132 valence electrons. The molecule has 1 aliphatic heterocycles. The molecule has 0 saturated heterocycles. The molecule has 2 heterocycles. The summed E-state index contributed by atoms with van der Waals surface area (Å²) in [7, 11) is 1.77. The van der Waals surface area contributed by atoms with Gasteiger partial charge in [0.2, 0.25) is 11.8 Å². The molecule has 5 nitrogen and oxygen atoms in total. The van der Waals surface area contributed by atoms with Crippen molar-refractivity contribution in [1.82, 2.24) is 9.88 Å². The molecule has 1 atom stereocenters. The molecule has 0 spiro atoms. The molecule has 3 rings (SSSR count). The Kier molecular flexibility index (Phi) is 5.15. The molecule has 2 aromatic rings. The van der Waals surface area contributed by atoms with E-state index in [9.17, 15) is 9.59 Å². The third kappa shape index (κ3) is 3.57. The van der Waals surface area contributed by atoms with Crippen LogP contribution in [0, 0.1) is 13.8 Å². The predicted octanol–water partition coefficient (Wildman–Crippen LogP) is 3.42. The lowest BCUT2D eigenvalue weighted by atomic mass is 10.2. The number of thioether (sulfide) groups is 1. The van der Waals surface area contributed by atoms with E-state index in [1.54, 1.807) is 28.2 Å². The van der Waals surface area contributed by atoms with Crippen LogP contribution in [0.2, 0.25) is 0 Å². The monoisotopic (exact) mass is 375 g/mol. The van der Waals surface area contributed by atoms with E-state index in [2.05, 4.69) is 4.98 Å². The maximum atomic E-state index is 12.8. The summed E-state index contributed by atoms with van der Waals surface area (Å²) >= 11 is 3.16. The maximum Gasteiger partial charge on any atom is 0.242 e. The SMILES string of the molecule is Cc1nc([C@H](C)N(C)C(=O)CN2C(=O)CSc3ccccc32)c(C)s1. The van der Waals surface area contributed by atoms with E-state index in [0.29, 0.717) is 5.75 Å². The van der Waals surface area contributed by atoms with Gasteiger partial charge in [0.15, 0.2) is 0 Å². The molecule has 2 amide bonds. The van der Waals surface area contributed by atoms with Gasteiger partial charge in [-0.15, -0.1) is 23.1 Å². The van der Waals surface area contributed by atoms with Crippen LogP contribution in [0.5, 0.6) is 0 Å². The number of thiazole rings is 1. The van der Waals surface area contributed by atoms with E-state index in [0.717, 1.165) is 26.2 Å². The van der Waals surface area contributed by atoms with Crippen LogP contribution in [-0.4, -0.2) is 41.0 Å². The fraction of sp³-hybridized carbons (Fsp3) is 0.389. The van der Waals surface area contributed by atoms with E-state index in [1.807, 2.05) is 45.0 Å². The average molecular weight is 376 g/mol. The Morgan fingerprint density at radius 2 is 2.08 bits per heavy atom. The van der Waals surface area contributed by atoms with Gasteiger partial charge in [0.1, 0.15) is 6.54 Å². The second-order valence-electron chi connectivity index (χ2n) is 6.09. The molecule has 0 radical (unpaired) electrons. The van der Waals surface area contributed by atoms with Crippen LogP contribution in [0.1, 0.15) is 28.5 Å². The minimum absolute atomic E-state index is 0.0289. The molecule has 0 bridgehead atoms. The van der Waals surface area contributed by atoms with Crippen LogP contribution in [0.25, 0.3) is 0 Å². The van der Waals surface area contributed by atoms with Crippen LogP contribution >= 0.6 is 23.1 Å². The largest absolute Gasteiger partial charge is 0.336 e. The van der Waals surface area contributed by atoms with Gasteiger partial charge >= 0.3 is 0 Å². The van der Waals surface area contributed by atoms with Gasteiger partial charge in [-0.25, -0.2) is 4.98 Å². The summed E-state index contributed by atoms with van der Waals surface area (Å²) in [4.78, 5) is 35.1. The van der Waals surface area contributed by atoms with Crippen molar-refractivity contribution < 1.29 is 9.59 Å². The maximum absolute atomic E-state index is 12.8. The molecule has 1 aromatic carbocycles. The van der Waals surface area contributed by atoms with Crippen LogP contribution in [0.4, 0.5) is 5.69 Å². The van der Waals surface area contributed by atoms with Gasteiger partial charge in [0.05, 0.1) is 28.2 Å². The highest BCUT2D eigenvalue weighted by Crippen LogP contribution is 2.35. The third-order valence-corrected chi connectivity index (χ3v) is 6.36. The molecule has 1 aromatic heterocycles. The standard InChI is InChI=1S/C18H21N3O2S2/c1-11(18-12(2)25-13(3)19-18)20(4)16(22)9-21-14-7-5-6-8-15(14)24-10-17(21)23/h5-8,11H,9-10H2,1-4H3/t11-/m0/s1. The number of para-hydroxylation sites is 1. The molecular weight excluding hydrogens is 354 g/mol. The zero-order valence-electron chi connectivity index (χ0n) is 14.8. The summed E-state index contributed by atoms with van der Waals surface area (Å²) in [6.07, 6.45) is 0. The number of rotatable bonds is 4. The summed E-state index contributed by atoms with van der Waals surface area (Å²) in [5, 5.41) is 0.998. The number of likely N-dealkylation sites (N-methyl/N-ethyl adjacent to an activating group) is 1. The van der Waals surface area contributed by atoms with Crippen molar-refractivity contribution in [1.29, 1.82) is 0 Å². The van der Waals surface area contributed by atoms with Gasteiger partial charge in [-0.05, 0) is 32.9 Å². The normalized spacial score (nSPS) is 15.0. The van der Waals surface area contributed by atoms with E-state index in [1.165, 1.54) is 11.8 Å². The lowest BCUT2D eigenvalue weighted by Crippen LogP contribution is -2.44. The predicted molar refractivity (Wildman–Crippen MR) is 102 cm³/mol. The Morgan fingerprint density at radius 3 is 2.76 bits per heavy atom. The first-order valence-corrected chi connectivity index (χ1v) is 9.90. The fourth-order valence-electron chi connectivity index (χ4n) is 2.91. The highest BCUT2D eigenvalue weighted by Gasteiger charge is 2.29. The molecule has 0 N–H and O–H groups in total. The quantitative estimate of drug-likeness (QED) is 0.822. The Balaban J connectivity index is 1.77. The molecule has 0 fully saturated rings. The minimum Gasteiger partial charge on any atom is -0.336 e.